The van der Waals surface area contributed by atoms with Gasteiger partial charge in [0.15, 0.2) is 0 Å². The summed E-state index contributed by atoms with van der Waals surface area (Å²) in [5.41, 5.74) is 5.59. The first-order valence-corrected chi connectivity index (χ1v) is 14.3. The van der Waals surface area contributed by atoms with Crippen molar-refractivity contribution >= 4 is 11.8 Å². The fourth-order valence-corrected chi connectivity index (χ4v) is 5.63. The average Bonchev–Trinajstić information content (AvgIpc) is 3.53. The number of rotatable bonds is 11. The zero-order chi connectivity index (χ0) is 28.4. The van der Waals surface area contributed by atoms with Crippen molar-refractivity contribution in [2.75, 3.05) is 19.6 Å². The van der Waals surface area contributed by atoms with Crippen LogP contribution in [0.5, 0.6) is 0 Å². The lowest BCUT2D eigenvalue weighted by Crippen LogP contribution is -2.54. The second kappa shape index (κ2) is 13.8. The van der Waals surface area contributed by atoms with Crippen LogP contribution in [0.25, 0.3) is 11.4 Å². The van der Waals surface area contributed by atoms with Crippen LogP contribution in [-0.2, 0) is 35.3 Å². The molecule has 0 aliphatic carbocycles. The number of aromatic nitrogens is 4. The number of carbonyl (C=O) groups is 2. The molecule has 41 heavy (non-hydrogen) atoms. The Kier molecular flexibility index (Phi) is 9.49. The van der Waals surface area contributed by atoms with E-state index in [1.54, 1.807) is 6.92 Å². The molecule has 2 amide bonds. The van der Waals surface area contributed by atoms with Crippen LogP contribution in [-0.4, -0.2) is 69.1 Å². The molecule has 0 spiro atoms. The van der Waals surface area contributed by atoms with E-state index in [2.05, 4.69) is 67.7 Å². The van der Waals surface area contributed by atoms with Crippen LogP contribution < -0.4 is 10.6 Å². The minimum Gasteiger partial charge on any atom is -0.353 e. The summed E-state index contributed by atoms with van der Waals surface area (Å²) in [6, 6.07) is 26.7. The van der Waals surface area contributed by atoms with Crippen molar-refractivity contribution in [3.63, 3.8) is 0 Å². The van der Waals surface area contributed by atoms with Crippen molar-refractivity contribution in [1.29, 1.82) is 0 Å². The highest BCUT2D eigenvalue weighted by atomic mass is 16.2. The standard InChI is InChI=1S/C32H37N7O2/c1-23(40)34-29(19-24-7-3-2-4-8-24)21-28-10-6-5-9-26(28)15-16-31(41)39-18-17-33-22-30(39)20-25-11-13-27(14-12-25)32-35-37-38-36-32/h2-14,29-30,33H,15-22H2,1H3,(H,34,40)(H,35,36,37,38). The van der Waals surface area contributed by atoms with Crippen LogP contribution >= 0.6 is 0 Å². The number of hydrogen-bond donors (Lipinski definition) is 3. The summed E-state index contributed by atoms with van der Waals surface area (Å²) in [5, 5.41) is 20.8. The maximum atomic E-state index is 13.5. The first-order chi connectivity index (χ1) is 20.0. The average molecular weight is 552 g/mol. The molecule has 9 nitrogen and oxygen atoms in total. The Labute approximate surface area is 240 Å². The predicted octanol–water partition coefficient (Wildman–Crippen LogP) is 3.13. The van der Waals surface area contributed by atoms with Crippen molar-refractivity contribution in [1.82, 2.24) is 36.2 Å². The highest BCUT2D eigenvalue weighted by Crippen LogP contribution is 2.20. The van der Waals surface area contributed by atoms with E-state index in [9.17, 15) is 9.59 Å². The van der Waals surface area contributed by atoms with Gasteiger partial charge in [-0.05, 0) is 53.2 Å². The van der Waals surface area contributed by atoms with E-state index in [1.807, 2.05) is 47.4 Å². The maximum Gasteiger partial charge on any atom is 0.223 e. The molecule has 9 heteroatoms. The molecule has 1 aliphatic heterocycles. The Morgan fingerprint density at radius 1 is 0.951 bits per heavy atom. The molecule has 2 atom stereocenters. The first-order valence-electron chi connectivity index (χ1n) is 14.3. The van der Waals surface area contributed by atoms with Crippen LogP contribution in [0.15, 0.2) is 78.9 Å². The summed E-state index contributed by atoms with van der Waals surface area (Å²) >= 11 is 0. The Hall–Kier alpha value is -4.37. The van der Waals surface area contributed by atoms with Gasteiger partial charge >= 0.3 is 0 Å². The van der Waals surface area contributed by atoms with E-state index >= 15 is 0 Å². The SMILES string of the molecule is CC(=O)NC(Cc1ccccc1)Cc1ccccc1CCC(=O)N1CCNCC1Cc1ccc(-c2nn[nH]n2)cc1. The molecule has 4 aromatic rings. The number of tetrazole rings is 1. The summed E-state index contributed by atoms with van der Waals surface area (Å²) in [7, 11) is 0. The lowest BCUT2D eigenvalue weighted by molar-refractivity contribution is -0.134. The molecular weight excluding hydrogens is 514 g/mol. The molecule has 0 saturated carbocycles. The predicted molar refractivity (Wildman–Crippen MR) is 158 cm³/mol. The summed E-state index contributed by atoms with van der Waals surface area (Å²) < 4.78 is 0. The molecule has 5 rings (SSSR count). The van der Waals surface area contributed by atoms with E-state index in [0.717, 1.165) is 49.0 Å². The molecule has 1 saturated heterocycles. The van der Waals surface area contributed by atoms with Crippen molar-refractivity contribution in [2.45, 2.75) is 51.1 Å². The van der Waals surface area contributed by atoms with Crippen LogP contribution in [0.3, 0.4) is 0 Å². The van der Waals surface area contributed by atoms with Gasteiger partial charge < -0.3 is 15.5 Å². The molecule has 3 N–H and O–H groups in total. The van der Waals surface area contributed by atoms with E-state index < -0.39 is 0 Å². The number of H-pyrrole nitrogens is 1. The van der Waals surface area contributed by atoms with Gasteiger partial charge in [-0.2, -0.15) is 5.21 Å². The van der Waals surface area contributed by atoms with Gasteiger partial charge in [-0.1, -0.05) is 78.9 Å². The number of aromatic amines is 1. The smallest absolute Gasteiger partial charge is 0.223 e. The Morgan fingerprint density at radius 3 is 2.44 bits per heavy atom. The summed E-state index contributed by atoms with van der Waals surface area (Å²) in [5.74, 6) is 0.710. The lowest BCUT2D eigenvalue weighted by atomic mass is 9.93. The number of nitrogens with zero attached hydrogens (tertiary/aromatic N) is 4. The molecule has 3 aromatic carbocycles. The highest BCUT2D eigenvalue weighted by molar-refractivity contribution is 5.77. The van der Waals surface area contributed by atoms with Crippen molar-refractivity contribution < 1.29 is 9.59 Å². The highest BCUT2D eigenvalue weighted by Gasteiger charge is 2.27. The van der Waals surface area contributed by atoms with Gasteiger partial charge in [0.05, 0.1) is 0 Å². The fraction of sp³-hybridized carbons (Fsp3) is 0.344. The van der Waals surface area contributed by atoms with E-state index in [1.165, 1.54) is 11.1 Å². The van der Waals surface area contributed by atoms with E-state index in [0.29, 0.717) is 25.2 Å². The molecule has 2 unspecified atom stereocenters. The van der Waals surface area contributed by atoms with Gasteiger partial charge in [-0.3, -0.25) is 9.59 Å². The summed E-state index contributed by atoms with van der Waals surface area (Å²) in [6.45, 7) is 3.84. The van der Waals surface area contributed by atoms with Gasteiger partial charge in [0.25, 0.3) is 0 Å². The number of benzene rings is 3. The van der Waals surface area contributed by atoms with Gasteiger partial charge in [0.1, 0.15) is 0 Å². The Morgan fingerprint density at radius 2 is 1.71 bits per heavy atom. The second-order valence-electron chi connectivity index (χ2n) is 10.6. The topological polar surface area (TPSA) is 116 Å². The van der Waals surface area contributed by atoms with Crippen LogP contribution in [0, 0.1) is 0 Å². The number of carbonyl (C=O) groups excluding carboxylic acids is 2. The van der Waals surface area contributed by atoms with Gasteiger partial charge in [0.2, 0.25) is 17.6 Å². The van der Waals surface area contributed by atoms with Gasteiger partial charge in [-0.25, -0.2) is 0 Å². The quantitative estimate of drug-likeness (QED) is 0.264. The minimum atomic E-state index is -0.0345. The van der Waals surface area contributed by atoms with Gasteiger partial charge in [0, 0.05) is 50.6 Å². The van der Waals surface area contributed by atoms with E-state index in [4.69, 9.17) is 0 Å². The third-order valence-corrected chi connectivity index (χ3v) is 7.62. The normalized spacial score (nSPS) is 15.8. The summed E-state index contributed by atoms with van der Waals surface area (Å²) in [6.07, 6.45) is 3.37. The number of amides is 2. The zero-order valence-electron chi connectivity index (χ0n) is 23.4. The molecular formula is C32H37N7O2. The zero-order valence-corrected chi connectivity index (χ0v) is 23.4. The second-order valence-corrected chi connectivity index (χ2v) is 10.6. The van der Waals surface area contributed by atoms with Crippen molar-refractivity contribution in [3.8, 4) is 11.4 Å². The molecule has 0 bridgehead atoms. The van der Waals surface area contributed by atoms with Crippen LogP contribution in [0.4, 0.5) is 0 Å². The number of nitrogens with one attached hydrogen (secondary N) is 3. The minimum absolute atomic E-state index is 0.0178. The number of hydrogen-bond acceptors (Lipinski definition) is 6. The number of piperazine rings is 1. The van der Waals surface area contributed by atoms with Crippen LogP contribution in [0.2, 0.25) is 0 Å². The Balaban J connectivity index is 1.21. The van der Waals surface area contributed by atoms with Crippen LogP contribution in [0.1, 0.15) is 35.6 Å². The third-order valence-electron chi connectivity index (χ3n) is 7.62. The maximum absolute atomic E-state index is 13.5. The van der Waals surface area contributed by atoms with Crippen molar-refractivity contribution in [3.05, 3.63) is 101 Å². The lowest BCUT2D eigenvalue weighted by Gasteiger charge is -2.36. The molecule has 212 valence electrons. The fourth-order valence-electron chi connectivity index (χ4n) is 5.63. The molecule has 1 aromatic heterocycles. The number of aryl methyl sites for hydroxylation is 1. The van der Waals surface area contributed by atoms with E-state index in [-0.39, 0.29) is 23.9 Å². The van der Waals surface area contributed by atoms with Crippen molar-refractivity contribution in [2.24, 2.45) is 0 Å². The summed E-state index contributed by atoms with van der Waals surface area (Å²) in [4.78, 5) is 27.5. The Bertz CT molecular complexity index is 1410. The monoisotopic (exact) mass is 551 g/mol. The molecule has 1 fully saturated rings. The molecule has 0 radical (unpaired) electrons. The molecule has 2 heterocycles. The molecule has 1 aliphatic rings. The largest absolute Gasteiger partial charge is 0.353 e. The van der Waals surface area contributed by atoms with Gasteiger partial charge in [-0.15, -0.1) is 10.2 Å². The third kappa shape index (κ3) is 7.85. The first kappa shape index (κ1) is 28.2.